The third-order valence-electron chi connectivity index (χ3n) is 8.60. The number of amides is 1. The minimum Gasteiger partial charge on any atom is -0.493 e. The molecule has 0 saturated heterocycles. The van der Waals surface area contributed by atoms with Crippen molar-refractivity contribution >= 4 is 5.91 Å². The summed E-state index contributed by atoms with van der Waals surface area (Å²) in [6.45, 7) is 0.461. The van der Waals surface area contributed by atoms with Gasteiger partial charge in [-0.05, 0) is 80.7 Å². The van der Waals surface area contributed by atoms with Crippen molar-refractivity contribution in [2.75, 3.05) is 7.11 Å². The van der Waals surface area contributed by atoms with E-state index in [1.165, 1.54) is 12.8 Å². The Morgan fingerprint density at radius 3 is 2.48 bits per heavy atom. The first-order chi connectivity index (χ1) is 19.6. The highest BCUT2D eigenvalue weighted by molar-refractivity contribution is 5.77. The van der Waals surface area contributed by atoms with Gasteiger partial charge in [-0.15, -0.1) is 0 Å². The number of aryl methyl sites for hydroxylation is 1. The molecule has 3 aliphatic rings. The second kappa shape index (κ2) is 11.8. The lowest BCUT2D eigenvalue weighted by molar-refractivity contribution is -0.123. The number of carbonyl (C=O) groups excluding carboxylic acids is 1. The van der Waals surface area contributed by atoms with Crippen molar-refractivity contribution in [3.05, 3.63) is 83.4 Å². The van der Waals surface area contributed by atoms with Crippen molar-refractivity contribution in [3.63, 3.8) is 0 Å². The Labute approximate surface area is 237 Å². The van der Waals surface area contributed by atoms with E-state index in [4.69, 9.17) is 18.9 Å². The molecule has 0 aromatic heterocycles. The molecule has 2 saturated carbocycles. The molecule has 1 atom stereocenters. The Morgan fingerprint density at radius 1 is 0.950 bits per heavy atom. The fraction of sp³-hybridized carbons (Fsp3) is 0.441. The van der Waals surface area contributed by atoms with Crippen molar-refractivity contribution in [1.29, 1.82) is 0 Å². The quantitative estimate of drug-likeness (QED) is 0.297. The summed E-state index contributed by atoms with van der Waals surface area (Å²) < 4.78 is 24.8. The Kier molecular flexibility index (Phi) is 7.85. The summed E-state index contributed by atoms with van der Waals surface area (Å²) in [4.78, 5) is 13.4. The maximum absolute atomic E-state index is 13.4. The van der Waals surface area contributed by atoms with E-state index in [2.05, 4.69) is 17.4 Å². The van der Waals surface area contributed by atoms with Gasteiger partial charge in [0.2, 0.25) is 5.91 Å². The molecule has 6 heteroatoms. The van der Waals surface area contributed by atoms with Crippen LogP contribution in [0.1, 0.15) is 80.5 Å². The second-order valence-corrected chi connectivity index (χ2v) is 11.4. The van der Waals surface area contributed by atoms with E-state index in [0.717, 1.165) is 78.2 Å². The van der Waals surface area contributed by atoms with E-state index in [0.29, 0.717) is 19.4 Å². The number of rotatable bonds is 10. The number of ether oxygens (including phenoxy) is 4. The summed E-state index contributed by atoms with van der Waals surface area (Å²) in [5.41, 5.74) is 2.85. The highest BCUT2D eigenvalue weighted by atomic mass is 16.5. The predicted molar refractivity (Wildman–Crippen MR) is 154 cm³/mol. The van der Waals surface area contributed by atoms with Crippen molar-refractivity contribution in [2.24, 2.45) is 0 Å². The molecule has 0 bridgehead atoms. The molecule has 1 N–H and O–H groups in total. The van der Waals surface area contributed by atoms with E-state index in [1.807, 2.05) is 54.6 Å². The van der Waals surface area contributed by atoms with E-state index >= 15 is 0 Å². The fourth-order valence-corrected chi connectivity index (χ4v) is 6.31. The molecule has 6 nitrogen and oxygen atoms in total. The highest BCUT2D eigenvalue weighted by Gasteiger charge is 2.47. The number of carbonyl (C=O) groups is 1. The molecule has 1 spiro atoms. The van der Waals surface area contributed by atoms with Crippen LogP contribution in [0.3, 0.4) is 0 Å². The minimum atomic E-state index is -0.196. The van der Waals surface area contributed by atoms with Gasteiger partial charge in [-0.3, -0.25) is 4.79 Å². The van der Waals surface area contributed by atoms with Gasteiger partial charge in [0.1, 0.15) is 23.7 Å². The van der Waals surface area contributed by atoms with E-state index in [9.17, 15) is 4.79 Å². The Balaban J connectivity index is 1.18. The first-order valence-electron chi connectivity index (χ1n) is 14.7. The molecule has 2 aliphatic carbocycles. The maximum Gasteiger partial charge on any atom is 0.220 e. The van der Waals surface area contributed by atoms with Crippen molar-refractivity contribution in [3.8, 4) is 23.0 Å². The molecule has 3 aromatic carbocycles. The van der Waals surface area contributed by atoms with Crippen LogP contribution in [0.5, 0.6) is 23.0 Å². The number of hydrogen-bond acceptors (Lipinski definition) is 5. The van der Waals surface area contributed by atoms with Crippen molar-refractivity contribution in [1.82, 2.24) is 5.32 Å². The molecule has 210 valence electrons. The molecular weight excluding hydrogens is 502 g/mol. The van der Waals surface area contributed by atoms with Crippen molar-refractivity contribution in [2.45, 2.75) is 88.6 Å². The maximum atomic E-state index is 13.4. The van der Waals surface area contributed by atoms with Gasteiger partial charge >= 0.3 is 0 Å². The number of benzene rings is 3. The van der Waals surface area contributed by atoms with Crippen LogP contribution in [0, 0.1) is 0 Å². The summed E-state index contributed by atoms with van der Waals surface area (Å²) in [6.07, 6.45) is 9.63. The summed E-state index contributed by atoms with van der Waals surface area (Å²) in [7, 11) is 1.67. The number of para-hydroxylation sites is 1. The lowest BCUT2D eigenvalue weighted by Gasteiger charge is -2.48. The van der Waals surface area contributed by atoms with Crippen LogP contribution in [-0.2, 0) is 17.8 Å². The molecule has 0 radical (unpaired) electrons. The Bertz CT molecular complexity index is 1310. The summed E-state index contributed by atoms with van der Waals surface area (Å²) in [5.74, 6) is 3.11. The number of nitrogens with one attached hydrogen (secondary N) is 1. The SMILES string of the molecule is COc1cccc(CCC(=O)NC2CC3(CCC3)Oc3cccc(OCc4ccccc4)c32)c1OC1CCCC1. The number of fused-ring (bicyclic) bond motifs is 1. The molecule has 3 aromatic rings. The van der Waals surface area contributed by atoms with Crippen LogP contribution in [0.15, 0.2) is 66.7 Å². The van der Waals surface area contributed by atoms with Crippen molar-refractivity contribution < 1.29 is 23.7 Å². The molecule has 1 heterocycles. The summed E-state index contributed by atoms with van der Waals surface area (Å²) in [5, 5.41) is 3.36. The van der Waals surface area contributed by atoms with Gasteiger partial charge in [-0.2, -0.15) is 0 Å². The Morgan fingerprint density at radius 2 is 1.73 bits per heavy atom. The lowest BCUT2D eigenvalue weighted by atomic mass is 9.72. The zero-order valence-electron chi connectivity index (χ0n) is 23.3. The normalized spacial score (nSPS) is 19.3. The smallest absolute Gasteiger partial charge is 0.220 e. The van der Waals surface area contributed by atoms with Gasteiger partial charge < -0.3 is 24.3 Å². The van der Waals surface area contributed by atoms with Gasteiger partial charge in [0.05, 0.1) is 24.8 Å². The summed E-state index contributed by atoms with van der Waals surface area (Å²) >= 11 is 0. The van der Waals surface area contributed by atoms with E-state index in [-0.39, 0.29) is 23.7 Å². The van der Waals surface area contributed by atoms with Gasteiger partial charge in [-0.25, -0.2) is 0 Å². The van der Waals surface area contributed by atoms with Crippen LogP contribution in [0.25, 0.3) is 0 Å². The molecule has 2 fully saturated rings. The predicted octanol–water partition coefficient (Wildman–Crippen LogP) is 7.09. The number of hydrogen-bond donors (Lipinski definition) is 1. The fourth-order valence-electron chi connectivity index (χ4n) is 6.31. The number of methoxy groups -OCH3 is 1. The first kappa shape index (κ1) is 26.5. The molecule has 1 aliphatic heterocycles. The van der Waals surface area contributed by atoms with Gasteiger partial charge in [0, 0.05) is 12.8 Å². The third-order valence-corrected chi connectivity index (χ3v) is 8.60. The highest BCUT2D eigenvalue weighted by Crippen LogP contribution is 2.51. The zero-order valence-corrected chi connectivity index (χ0v) is 23.3. The van der Waals surface area contributed by atoms with Crippen LogP contribution < -0.4 is 24.3 Å². The Hall–Kier alpha value is -3.67. The molecule has 40 heavy (non-hydrogen) atoms. The topological polar surface area (TPSA) is 66.0 Å². The first-order valence-corrected chi connectivity index (χ1v) is 14.7. The van der Waals surface area contributed by atoms with Crippen LogP contribution in [0.4, 0.5) is 0 Å². The van der Waals surface area contributed by atoms with E-state index in [1.54, 1.807) is 7.11 Å². The molecule has 6 rings (SSSR count). The van der Waals surface area contributed by atoms with Gasteiger partial charge in [0.25, 0.3) is 0 Å². The van der Waals surface area contributed by atoms with Gasteiger partial charge in [-0.1, -0.05) is 48.5 Å². The minimum absolute atomic E-state index is 0.0137. The monoisotopic (exact) mass is 541 g/mol. The van der Waals surface area contributed by atoms with Crippen LogP contribution in [0.2, 0.25) is 0 Å². The largest absolute Gasteiger partial charge is 0.493 e. The third kappa shape index (κ3) is 5.77. The van der Waals surface area contributed by atoms with E-state index < -0.39 is 0 Å². The second-order valence-electron chi connectivity index (χ2n) is 11.4. The lowest BCUT2D eigenvalue weighted by Crippen LogP contribution is -2.49. The van der Waals surface area contributed by atoms with Crippen LogP contribution in [-0.4, -0.2) is 24.7 Å². The van der Waals surface area contributed by atoms with Gasteiger partial charge in [0.15, 0.2) is 11.5 Å². The molecular formula is C34H39NO5. The zero-order chi connectivity index (χ0) is 27.4. The molecule has 1 unspecified atom stereocenters. The molecule has 1 amide bonds. The van der Waals surface area contributed by atoms with Crippen LogP contribution >= 0.6 is 0 Å². The average molecular weight is 542 g/mol. The standard InChI is InChI=1S/C34H39NO5/c1-37-30-17-7-12-25(33(30)39-26-13-5-6-14-26)18-19-31(36)35-27-22-34(20-9-21-34)40-29-16-8-15-28(32(27)29)38-23-24-10-3-2-4-11-24/h2-4,7-8,10-12,15-17,26-27H,5-6,9,13-14,18-23H2,1H3,(H,35,36). The average Bonchev–Trinajstić information content (AvgIpc) is 3.48. The summed E-state index contributed by atoms with van der Waals surface area (Å²) in [6, 6.07) is 21.9.